The van der Waals surface area contributed by atoms with Gasteiger partial charge in [-0.15, -0.1) is 11.3 Å². The van der Waals surface area contributed by atoms with Gasteiger partial charge in [-0.25, -0.2) is 4.98 Å². The SMILES string of the molecule is CCNC(C)c1sc(CO)nc1C. The third-order valence-corrected chi connectivity index (χ3v) is 3.24. The Labute approximate surface area is 82.8 Å². The van der Waals surface area contributed by atoms with E-state index in [9.17, 15) is 0 Å². The molecule has 2 N–H and O–H groups in total. The molecule has 0 amide bonds. The number of aliphatic hydroxyl groups excluding tert-OH is 1. The summed E-state index contributed by atoms with van der Waals surface area (Å²) in [6, 6.07) is 0.336. The highest BCUT2D eigenvalue weighted by atomic mass is 32.1. The standard InChI is InChI=1S/C9H16N2OS/c1-4-10-6(2)9-7(3)11-8(5-12)13-9/h6,10,12H,4-5H2,1-3H3. The van der Waals surface area contributed by atoms with Crippen LogP contribution in [0.3, 0.4) is 0 Å². The van der Waals surface area contributed by atoms with E-state index in [4.69, 9.17) is 5.11 Å². The van der Waals surface area contributed by atoms with Gasteiger partial charge in [0.2, 0.25) is 0 Å². The Bertz CT molecular complexity index is 273. The van der Waals surface area contributed by atoms with Gasteiger partial charge in [0.15, 0.2) is 0 Å². The molecule has 1 rings (SSSR count). The van der Waals surface area contributed by atoms with Gasteiger partial charge in [-0.1, -0.05) is 6.92 Å². The first kappa shape index (κ1) is 10.6. The zero-order chi connectivity index (χ0) is 9.84. The number of hydrogen-bond donors (Lipinski definition) is 2. The molecule has 0 aromatic carbocycles. The summed E-state index contributed by atoms with van der Waals surface area (Å²) in [5.41, 5.74) is 1.03. The highest BCUT2D eigenvalue weighted by molar-refractivity contribution is 7.11. The lowest BCUT2D eigenvalue weighted by molar-refractivity contribution is 0.281. The molecule has 0 bridgehead atoms. The molecule has 13 heavy (non-hydrogen) atoms. The summed E-state index contributed by atoms with van der Waals surface area (Å²) in [6.45, 7) is 7.18. The maximum atomic E-state index is 8.91. The summed E-state index contributed by atoms with van der Waals surface area (Å²) in [6.07, 6.45) is 0. The van der Waals surface area contributed by atoms with Crippen molar-refractivity contribution < 1.29 is 5.11 Å². The maximum Gasteiger partial charge on any atom is 0.119 e. The fraction of sp³-hybridized carbons (Fsp3) is 0.667. The molecule has 0 saturated carbocycles. The molecule has 1 aromatic rings. The Kier molecular flexibility index (Phi) is 3.84. The van der Waals surface area contributed by atoms with Gasteiger partial charge in [-0.2, -0.15) is 0 Å². The van der Waals surface area contributed by atoms with Crippen molar-refractivity contribution >= 4 is 11.3 Å². The molecule has 0 fully saturated rings. The lowest BCUT2D eigenvalue weighted by Gasteiger charge is -2.09. The van der Waals surface area contributed by atoms with Gasteiger partial charge in [-0.3, -0.25) is 0 Å². The normalized spacial score (nSPS) is 13.2. The Morgan fingerprint density at radius 3 is 2.77 bits per heavy atom. The topological polar surface area (TPSA) is 45.1 Å². The second-order valence-electron chi connectivity index (χ2n) is 2.99. The highest BCUT2D eigenvalue weighted by Gasteiger charge is 2.12. The van der Waals surface area contributed by atoms with E-state index in [-0.39, 0.29) is 6.61 Å². The second-order valence-corrected chi connectivity index (χ2v) is 4.11. The Hall–Kier alpha value is -0.450. The molecule has 1 heterocycles. The molecule has 0 aliphatic carbocycles. The van der Waals surface area contributed by atoms with Gasteiger partial charge < -0.3 is 10.4 Å². The van der Waals surface area contributed by atoms with Crippen LogP contribution in [0.5, 0.6) is 0 Å². The van der Waals surface area contributed by atoms with Crippen molar-refractivity contribution in [2.75, 3.05) is 6.54 Å². The van der Waals surface area contributed by atoms with Gasteiger partial charge in [0, 0.05) is 10.9 Å². The smallest absolute Gasteiger partial charge is 0.119 e. The van der Waals surface area contributed by atoms with Crippen LogP contribution in [0.2, 0.25) is 0 Å². The van der Waals surface area contributed by atoms with Crippen LogP contribution in [0.15, 0.2) is 0 Å². The minimum absolute atomic E-state index is 0.0460. The molecule has 0 saturated heterocycles. The number of aromatic nitrogens is 1. The first-order valence-corrected chi connectivity index (χ1v) is 5.31. The lowest BCUT2D eigenvalue weighted by atomic mass is 10.2. The molecular formula is C9H16N2OS. The predicted molar refractivity (Wildman–Crippen MR) is 54.9 cm³/mol. The number of nitrogens with zero attached hydrogens (tertiary/aromatic N) is 1. The van der Waals surface area contributed by atoms with Gasteiger partial charge in [0.1, 0.15) is 5.01 Å². The summed E-state index contributed by atoms with van der Waals surface area (Å²) in [5, 5.41) is 13.0. The van der Waals surface area contributed by atoms with Crippen LogP contribution in [0, 0.1) is 6.92 Å². The minimum atomic E-state index is 0.0460. The van der Waals surface area contributed by atoms with Gasteiger partial charge in [0.05, 0.1) is 12.3 Å². The van der Waals surface area contributed by atoms with E-state index in [2.05, 4.69) is 24.1 Å². The summed E-state index contributed by atoms with van der Waals surface area (Å²) in [7, 11) is 0. The van der Waals surface area contributed by atoms with Crippen molar-refractivity contribution in [1.29, 1.82) is 0 Å². The third-order valence-electron chi connectivity index (χ3n) is 1.92. The predicted octanol–water partition coefficient (Wildman–Crippen LogP) is 1.61. The molecule has 3 nitrogen and oxygen atoms in total. The molecule has 1 unspecified atom stereocenters. The van der Waals surface area contributed by atoms with Crippen LogP contribution in [-0.4, -0.2) is 16.6 Å². The van der Waals surface area contributed by atoms with E-state index in [1.54, 1.807) is 11.3 Å². The van der Waals surface area contributed by atoms with E-state index >= 15 is 0 Å². The molecule has 0 radical (unpaired) electrons. The average Bonchev–Trinajstić information content (AvgIpc) is 2.47. The fourth-order valence-electron chi connectivity index (χ4n) is 1.33. The molecule has 0 aliphatic rings. The van der Waals surface area contributed by atoms with Crippen molar-refractivity contribution in [2.24, 2.45) is 0 Å². The minimum Gasteiger partial charge on any atom is -0.389 e. The monoisotopic (exact) mass is 200 g/mol. The first-order chi connectivity index (χ1) is 6.19. The maximum absolute atomic E-state index is 8.91. The van der Waals surface area contributed by atoms with Crippen LogP contribution in [-0.2, 0) is 6.61 Å². The molecular weight excluding hydrogens is 184 g/mol. The summed E-state index contributed by atoms with van der Waals surface area (Å²) >= 11 is 1.58. The Morgan fingerprint density at radius 1 is 1.62 bits per heavy atom. The van der Waals surface area contributed by atoms with Crippen LogP contribution < -0.4 is 5.32 Å². The highest BCUT2D eigenvalue weighted by Crippen LogP contribution is 2.24. The molecule has 4 heteroatoms. The zero-order valence-corrected chi connectivity index (χ0v) is 9.11. The number of nitrogens with one attached hydrogen (secondary N) is 1. The molecule has 74 valence electrons. The number of rotatable bonds is 4. The zero-order valence-electron chi connectivity index (χ0n) is 8.29. The summed E-state index contributed by atoms with van der Waals surface area (Å²) < 4.78 is 0. The van der Waals surface area contributed by atoms with Gasteiger partial charge in [-0.05, 0) is 20.4 Å². The molecule has 1 aromatic heterocycles. The van der Waals surface area contributed by atoms with E-state index in [1.165, 1.54) is 4.88 Å². The summed E-state index contributed by atoms with van der Waals surface area (Å²) in [5.74, 6) is 0. The molecule has 0 aliphatic heterocycles. The van der Waals surface area contributed by atoms with Crippen LogP contribution in [0.1, 0.15) is 35.5 Å². The van der Waals surface area contributed by atoms with Gasteiger partial charge in [0.25, 0.3) is 0 Å². The van der Waals surface area contributed by atoms with Crippen molar-refractivity contribution in [3.8, 4) is 0 Å². The summed E-state index contributed by atoms with van der Waals surface area (Å²) in [4.78, 5) is 5.49. The lowest BCUT2D eigenvalue weighted by Crippen LogP contribution is -2.17. The van der Waals surface area contributed by atoms with Crippen molar-refractivity contribution in [1.82, 2.24) is 10.3 Å². The van der Waals surface area contributed by atoms with E-state index in [0.717, 1.165) is 17.2 Å². The van der Waals surface area contributed by atoms with Crippen LogP contribution in [0.4, 0.5) is 0 Å². The van der Waals surface area contributed by atoms with E-state index < -0.39 is 0 Å². The number of aryl methyl sites for hydroxylation is 1. The van der Waals surface area contributed by atoms with Gasteiger partial charge >= 0.3 is 0 Å². The number of aliphatic hydroxyl groups is 1. The van der Waals surface area contributed by atoms with Crippen molar-refractivity contribution in [3.63, 3.8) is 0 Å². The number of hydrogen-bond acceptors (Lipinski definition) is 4. The second kappa shape index (κ2) is 4.69. The Morgan fingerprint density at radius 2 is 2.31 bits per heavy atom. The largest absolute Gasteiger partial charge is 0.389 e. The van der Waals surface area contributed by atoms with Crippen LogP contribution in [0.25, 0.3) is 0 Å². The van der Waals surface area contributed by atoms with Crippen LogP contribution >= 0.6 is 11.3 Å². The number of thiazole rings is 1. The van der Waals surface area contributed by atoms with E-state index in [0.29, 0.717) is 6.04 Å². The van der Waals surface area contributed by atoms with Crippen molar-refractivity contribution in [2.45, 2.75) is 33.4 Å². The fourth-order valence-corrected chi connectivity index (χ4v) is 2.29. The van der Waals surface area contributed by atoms with E-state index in [1.807, 2.05) is 6.92 Å². The quantitative estimate of drug-likeness (QED) is 0.776. The third kappa shape index (κ3) is 2.49. The first-order valence-electron chi connectivity index (χ1n) is 4.49. The average molecular weight is 200 g/mol. The molecule has 0 spiro atoms. The molecule has 1 atom stereocenters. The van der Waals surface area contributed by atoms with Crippen molar-refractivity contribution in [3.05, 3.63) is 15.6 Å². The Balaban J connectivity index is 2.80.